The first kappa shape index (κ1) is 32.2. The third kappa shape index (κ3) is 6.18. The van der Waals surface area contributed by atoms with Gasteiger partial charge < -0.3 is 31.5 Å². The Labute approximate surface area is 289 Å². The number of benzene rings is 2. The van der Waals surface area contributed by atoms with E-state index in [1.165, 1.54) is 0 Å². The molecule has 0 radical (unpaired) electrons. The molecular weight excluding hydrogens is 740 g/mol. The Kier molecular flexibility index (Phi) is 8.19. The Morgan fingerprint density at radius 1 is 0.711 bits per heavy atom. The predicted molar refractivity (Wildman–Crippen MR) is 188 cm³/mol. The van der Waals surface area contributed by atoms with E-state index in [-0.39, 0.29) is 33.9 Å². The van der Waals surface area contributed by atoms with Crippen molar-refractivity contribution in [2.75, 3.05) is 0 Å². The quantitative estimate of drug-likeness (QED) is 0.191. The van der Waals surface area contributed by atoms with Gasteiger partial charge in [0.1, 0.15) is 11.5 Å². The molecule has 2 aromatic rings. The van der Waals surface area contributed by atoms with Crippen molar-refractivity contribution >= 4 is 78.1 Å². The smallest absolute Gasteiger partial charge is 0.171 e. The summed E-state index contributed by atoms with van der Waals surface area (Å²) in [5.41, 5.74) is 5.17. The Hall–Kier alpha value is -2.80. The summed E-state index contributed by atoms with van der Waals surface area (Å²) in [4.78, 5) is 26.8. The zero-order valence-corrected chi connectivity index (χ0v) is 30.1. The number of hydrogen-bond donors (Lipinski definition) is 6. The number of ketones is 2. The van der Waals surface area contributed by atoms with Gasteiger partial charge in [-0.05, 0) is 89.9 Å². The summed E-state index contributed by atoms with van der Waals surface area (Å²) in [6.07, 6.45) is 2.56. The van der Waals surface area contributed by atoms with Gasteiger partial charge in [-0.25, -0.2) is 0 Å². The highest BCUT2D eigenvalue weighted by Crippen LogP contribution is 2.46. The lowest BCUT2D eigenvalue weighted by Gasteiger charge is -2.39. The number of carbonyl (C=O) groups is 2. The van der Waals surface area contributed by atoms with E-state index in [9.17, 15) is 19.8 Å². The zero-order chi connectivity index (χ0) is 32.6. The molecule has 0 spiro atoms. The summed E-state index contributed by atoms with van der Waals surface area (Å²) in [5, 5.41) is 35.9. The van der Waals surface area contributed by atoms with Gasteiger partial charge in [0.25, 0.3) is 0 Å². The van der Waals surface area contributed by atoms with Crippen LogP contribution < -0.4 is 21.3 Å². The van der Waals surface area contributed by atoms with Gasteiger partial charge >= 0.3 is 0 Å². The highest BCUT2D eigenvalue weighted by molar-refractivity contribution is 9.10. The number of hydrogen-bond acceptors (Lipinski definition) is 6. The van der Waals surface area contributed by atoms with Gasteiger partial charge in [0.2, 0.25) is 0 Å². The Bertz CT molecular complexity index is 1650. The van der Waals surface area contributed by atoms with E-state index < -0.39 is 12.1 Å². The van der Waals surface area contributed by atoms with E-state index in [0.29, 0.717) is 73.5 Å². The number of aromatic hydroxyl groups is 2. The lowest BCUT2D eigenvalue weighted by Crippen LogP contribution is -2.48. The molecule has 6 N–H and O–H groups in total. The van der Waals surface area contributed by atoms with Crippen LogP contribution in [0.3, 0.4) is 0 Å². The van der Waals surface area contributed by atoms with Gasteiger partial charge in [0.05, 0.1) is 12.1 Å². The first-order valence-corrected chi connectivity index (χ1v) is 17.1. The van der Waals surface area contributed by atoms with Gasteiger partial charge in [0.15, 0.2) is 21.8 Å². The fourth-order valence-electron chi connectivity index (χ4n) is 6.97. The van der Waals surface area contributed by atoms with Crippen LogP contribution in [0, 0.1) is 10.8 Å². The van der Waals surface area contributed by atoms with E-state index in [4.69, 9.17) is 24.4 Å². The molecule has 6 rings (SSSR count). The zero-order valence-electron chi connectivity index (χ0n) is 25.3. The summed E-state index contributed by atoms with van der Waals surface area (Å²) < 4.78 is 1.37. The number of allylic oxidation sites excluding steroid dienone is 2. The van der Waals surface area contributed by atoms with Crippen molar-refractivity contribution in [3.63, 3.8) is 0 Å². The Morgan fingerprint density at radius 2 is 1.09 bits per heavy atom. The molecule has 4 aliphatic rings. The van der Waals surface area contributed by atoms with Crippen molar-refractivity contribution in [2.45, 2.75) is 71.9 Å². The van der Waals surface area contributed by atoms with Gasteiger partial charge in [-0.1, -0.05) is 59.6 Å². The number of phenols is 2. The number of halogens is 2. The van der Waals surface area contributed by atoms with Crippen LogP contribution >= 0.6 is 56.3 Å². The van der Waals surface area contributed by atoms with Crippen LogP contribution in [-0.4, -0.2) is 32.0 Å². The van der Waals surface area contributed by atoms with E-state index in [1.54, 1.807) is 12.1 Å². The van der Waals surface area contributed by atoms with Crippen molar-refractivity contribution in [1.29, 1.82) is 0 Å². The maximum Gasteiger partial charge on any atom is 0.171 e. The minimum atomic E-state index is -0.602. The van der Waals surface area contributed by atoms with Crippen LogP contribution in [0.1, 0.15) is 87.7 Å². The molecule has 236 valence electrons. The second kappa shape index (κ2) is 11.5. The lowest BCUT2D eigenvalue weighted by molar-refractivity contribution is -0.119. The molecule has 0 fully saturated rings. The average molecular weight is 775 g/mol. The topological polar surface area (TPSA) is 123 Å². The van der Waals surface area contributed by atoms with Crippen LogP contribution in [-0.2, 0) is 16.0 Å². The van der Waals surface area contributed by atoms with E-state index >= 15 is 0 Å². The molecule has 2 aliphatic heterocycles. The number of rotatable bonds is 4. The summed E-state index contributed by atoms with van der Waals surface area (Å²) in [6.45, 7) is 8.24. The number of nitrogens with one attached hydrogen (secondary N) is 4. The monoisotopic (exact) mass is 772 g/mol. The van der Waals surface area contributed by atoms with Crippen molar-refractivity contribution in [3.05, 3.63) is 78.0 Å². The predicted octanol–water partition coefficient (Wildman–Crippen LogP) is 6.54. The van der Waals surface area contributed by atoms with Gasteiger partial charge in [-0.3, -0.25) is 9.59 Å². The van der Waals surface area contributed by atoms with E-state index in [0.717, 1.165) is 22.5 Å². The van der Waals surface area contributed by atoms with Gasteiger partial charge in [0, 0.05) is 55.5 Å². The summed E-state index contributed by atoms with van der Waals surface area (Å²) in [5.74, 6) is 0.109. The Morgan fingerprint density at radius 3 is 1.47 bits per heavy atom. The molecule has 2 heterocycles. The third-order valence-corrected chi connectivity index (χ3v) is 10.8. The standard InChI is InChI=1S/C33H34Br2N4O4S2/c1-32(2)10-20-26(24(42)12-32)28(38-30(44)36-20)16-6-14(18(34)8-22(16)40)5-15-7-17(23(41)9-19(15)35)29-27-21(37-31(45)39-29)11-33(3,4)13-25(27)43/h6-9,28-29,40-41H,5,10-13H2,1-4H3,(H2,36,38,44)(H2,37,39,45). The molecular formula is C33H34Br2N4O4S2. The molecule has 45 heavy (non-hydrogen) atoms. The fraction of sp³-hybridized carbons (Fsp3) is 0.394. The highest BCUT2D eigenvalue weighted by Gasteiger charge is 2.42. The number of Topliss-reactive ketones (excluding diaryl/α,β-unsaturated/α-hetero) is 2. The first-order chi connectivity index (χ1) is 21.0. The fourth-order valence-corrected chi connectivity index (χ4v) is 8.40. The second-order valence-corrected chi connectivity index (χ2v) is 16.4. The molecule has 8 nitrogen and oxygen atoms in total. The molecule has 0 aromatic heterocycles. The third-order valence-electron chi connectivity index (χ3n) is 8.89. The molecule has 0 saturated heterocycles. The van der Waals surface area contributed by atoms with Crippen molar-refractivity contribution < 1.29 is 19.8 Å². The highest BCUT2D eigenvalue weighted by atomic mass is 79.9. The average Bonchev–Trinajstić information content (AvgIpc) is 2.88. The maximum atomic E-state index is 13.4. The maximum absolute atomic E-state index is 13.4. The van der Waals surface area contributed by atoms with Crippen molar-refractivity contribution in [3.8, 4) is 11.5 Å². The van der Waals surface area contributed by atoms with Crippen LogP contribution in [0.25, 0.3) is 0 Å². The number of phenolic OH excluding ortho intramolecular Hbond substituents is 2. The van der Waals surface area contributed by atoms with Crippen LogP contribution in [0.4, 0.5) is 0 Å². The summed E-state index contributed by atoms with van der Waals surface area (Å²) >= 11 is 18.3. The molecule has 2 atom stereocenters. The molecule has 12 heteroatoms. The van der Waals surface area contributed by atoms with E-state index in [2.05, 4.69) is 80.8 Å². The second-order valence-electron chi connectivity index (χ2n) is 13.9. The minimum absolute atomic E-state index is 0.0187. The minimum Gasteiger partial charge on any atom is -0.508 e. The molecule has 2 aliphatic carbocycles. The summed E-state index contributed by atoms with van der Waals surface area (Å²) in [6, 6.07) is 5.83. The van der Waals surface area contributed by atoms with Crippen molar-refractivity contribution in [2.24, 2.45) is 10.8 Å². The van der Waals surface area contributed by atoms with Crippen LogP contribution in [0.5, 0.6) is 11.5 Å². The molecule has 0 amide bonds. The van der Waals surface area contributed by atoms with Gasteiger partial charge in [-0.15, -0.1) is 0 Å². The Balaban J connectivity index is 1.39. The molecule has 2 aromatic carbocycles. The first-order valence-electron chi connectivity index (χ1n) is 14.7. The lowest BCUT2D eigenvalue weighted by atomic mass is 9.72. The molecule has 2 unspecified atom stereocenters. The van der Waals surface area contributed by atoms with Crippen LogP contribution in [0.2, 0.25) is 0 Å². The number of carbonyl (C=O) groups excluding carboxylic acids is 2. The SMILES string of the molecule is CC1(C)CC(=O)C2=C(C1)NC(=S)NC2c1cc(Cc2cc(C3NC(=S)NC4=C3C(=O)CC(C)(C)C4)c(O)cc2Br)c(Br)cc1O. The van der Waals surface area contributed by atoms with E-state index in [1.807, 2.05) is 12.1 Å². The van der Waals surface area contributed by atoms with Crippen LogP contribution in [0.15, 0.2) is 55.8 Å². The van der Waals surface area contributed by atoms with Crippen molar-refractivity contribution in [1.82, 2.24) is 21.3 Å². The molecule has 0 saturated carbocycles. The normalized spacial score (nSPS) is 23.9. The van der Waals surface area contributed by atoms with Gasteiger partial charge in [-0.2, -0.15) is 0 Å². The largest absolute Gasteiger partial charge is 0.508 e. The number of thiocarbonyl (C=S) groups is 2. The molecule has 0 bridgehead atoms. The summed E-state index contributed by atoms with van der Waals surface area (Å²) in [7, 11) is 0.